The monoisotopic (exact) mass is 371 g/mol. The Balaban J connectivity index is 1.62. The molecule has 1 fully saturated rings. The summed E-state index contributed by atoms with van der Waals surface area (Å²) in [7, 11) is 0. The fourth-order valence-corrected chi connectivity index (χ4v) is 3.55. The van der Waals surface area contributed by atoms with Gasteiger partial charge in [-0.25, -0.2) is 0 Å². The molecule has 0 unspecified atom stereocenters. The summed E-state index contributed by atoms with van der Waals surface area (Å²) in [6.45, 7) is 1.68. The molecule has 23 heavy (non-hydrogen) atoms. The Morgan fingerprint density at radius 1 is 1.22 bits per heavy atom. The van der Waals surface area contributed by atoms with Crippen molar-refractivity contribution in [1.82, 2.24) is 15.1 Å². The molecule has 0 aliphatic carbocycles. The number of piperidine rings is 1. The minimum atomic E-state index is 0.110. The third-order valence-electron chi connectivity index (χ3n) is 3.60. The maximum atomic E-state index is 12.1. The molecule has 2 heterocycles. The van der Waals surface area contributed by atoms with Gasteiger partial charge in [0.15, 0.2) is 0 Å². The van der Waals surface area contributed by atoms with Crippen molar-refractivity contribution in [3.05, 3.63) is 28.2 Å². The van der Waals surface area contributed by atoms with Crippen molar-refractivity contribution in [3.63, 3.8) is 0 Å². The maximum Gasteiger partial charge on any atom is 0.277 e. The van der Waals surface area contributed by atoms with E-state index >= 15 is 0 Å². The van der Waals surface area contributed by atoms with Crippen LogP contribution in [0.5, 0.6) is 0 Å². The molecule has 5 nitrogen and oxygen atoms in total. The number of rotatable bonds is 4. The van der Waals surface area contributed by atoms with Crippen molar-refractivity contribution >= 4 is 40.9 Å². The number of hydrogen-bond acceptors (Lipinski definition) is 5. The minimum Gasteiger partial charge on any atom is -0.411 e. The predicted octanol–water partition coefficient (Wildman–Crippen LogP) is 4.15. The van der Waals surface area contributed by atoms with Gasteiger partial charge in [0.2, 0.25) is 11.8 Å². The largest absolute Gasteiger partial charge is 0.411 e. The number of benzene rings is 1. The van der Waals surface area contributed by atoms with E-state index in [4.69, 9.17) is 27.6 Å². The first-order chi connectivity index (χ1) is 11.1. The second kappa shape index (κ2) is 7.55. The standard InChI is InChI=1S/C15H15Cl2N3O2S/c16-10-4-5-11(12(17)8-10)14-18-19-15(22-14)23-9-13(21)20-6-2-1-3-7-20/h4-5,8H,1-3,6-7,9H2. The topological polar surface area (TPSA) is 59.2 Å². The quantitative estimate of drug-likeness (QED) is 0.755. The molecule has 1 aromatic carbocycles. The van der Waals surface area contributed by atoms with E-state index in [0.717, 1.165) is 25.9 Å². The van der Waals surface area contributed by atoms with Crippen molar-refractivity contribution in [2.24, 2.45) is 0 Å². The molecule has 1 amide bonds. The molecular formula is C15H15Cl2N3O2S. The molecule has 1 aromatic heterocycles. The Morgan fingerprint density at radius 2 is 2.00 bits per heavy atom. The summed E-state index contributed by atoms with van der Waals surface area (Å²) in [5.74, 6) is 0.731. The van der Waals surface area contributed by atoms with Crippen LogP contribution < -0.4 is 0 Å². The number of carbonyl (C=O) groups excluding carboxylic acids is 1. The summed E-state index contributed by atoms with van der Waals surface area (Å²) in [5, 5.41) is 9.28. The molecule has 0 bridgehead atoms. The van der Waals surface area contributed by atoms with Crippen molar-refractivity contribution in [2.75, 3.05) is 18.8 Å². The lowest BCUT2D eigenvalue weighted by Crippen LogP contribution is -2.36. The SMILES string of the molecule is O=C(CSc1nnc(-c2ccc(Cl)cc2Cl)o1)N1CCCCC1. The number of thioether (sulfide) groups is 1. The van der Waals surface area contributed by atoms with Crippen LogP contribution in [0, 0.1) is 0 Å². The fraction of sp³-hybridized carbons (Fsp3) is 0.400. The van der Waals surface area contributed by atoms with Crippen molar-refractivity contribution in [3.8, 4) is 11.5 Å². The Bertz CT molecular complexity index is 702. The van der Waals surface area contributed by atoms with Crippen LogP contribution >= 0.6 is 35.0 Å². The first-order valence-corrected chi connectivity index (χ1v) is 9.07. The normalized spacial score (nSPS) is 15.0. The molecule has 1 aliphatic rings. The summed E-state index contributed by atoms with van der Waals surface area (Å²) < 4.78 is 5.57. The number of nitrogens with zero attached hydrogens (tertiary/aromatic N) is 3. The lowest BCUT2D eigenvalue weighted by atomic mass is 10.1. The van der Waals surface area contributed by atoms with E-state index in [2.05, 4.69) is 10.2 Å². The predicted molar refractivity (Wildman–Crippen MR) is 90.9 cm³/mol. The number of amides is 1. The Morgan fingerprint density at radius 3 is 2.74 bits per heavy atom. The van der Waals surface area contributed by atoms with E-state index in [1.54, 1.807) is 18.2 Å². The Kier molecular flexibility index (Phi) is 5.46. The average molecular weight is 372 g/mol. The van der Waals surface area contributed by atoms with E-state index in [9.17, 15) is 4.79 Å². The average Bonchev–Trinajstić information content (AvgIpc) is 3.02. The molecule has 0 atom stereocenters. The van der Waals surface area contributed by atoms with Gasteiger partial charge in [0.25, 0.3) is 5.22 Å². The van der Waals surface area contributed by atoms with Gasteiger partial charge in [0, 0.05) is 18.1 Å². The number of halogens is 2. The molecule has 2 aromatic rings. The molecule has 0 radical (unpaired) electrons. The van der Waals surface area contributed by atoms with E-state index in [0.29, 0.717) is 32.5 Å². The van der Waals surface area contributed by atoms with E-state index in [-0.39, 0.29) is 5.91 Å². The zero-order chi connectivity index (χ0) is 16.2. The number of likely N-dealkylation sites (tertiary alicyclic amines) is 1. The van der Waals surface area contributed by atoms with Crippen LogP contribution in [-0.4, -0.2) is 39.8 Å². The molecule has 1 saturated heterocycles. The molecule has 122 valence electrons. The highest BCUT2D eigenvalue weighted by Crippen LogP contribution is 2.31. The highest BCUT2D eigenvalue weighted by Gasteiger charge is 2.18. The first-order valence-electron chi connectivity index (χ1n) is 7.33. The fourth-order valence-electron chi connectivity index (χ4n) is 2.40. The molecule has 0 N–H and O–H groups in total. The molecule has 0 spiro atoms. The zero-order valence-corrected chi connectivity index (χ0v) is 14.6. The molecular weight excluding hydrogens is 357 g/mol. The van der Waals surface area contributed by atoms with Crippen LogP contribution in [0.1, 0.15) is 19.3 Å². The van der Waals surface area contributed by atoms with Crippen LogP contribution in [-0.2, 0) is 4.79 Å². The van der Waals surface area contributed by atoms with Gasteiger partial charge in [-0.15, -0.1) is 10.2 Å². The van der Waals surface area contributed by atoms with Crippen LogP contribution in [0.4, 0.5) is 0 Å². The van der Waals surface area contributed by atoms with Crippen molar-refractivity contribution in [2.45, 2.75) is 24.5 Å². The number of carbonyl (C=O) groups is 1. The second-order valence-electron chi connectivity index (χ2n) is 5.23. The first kappa shape index (κ1) is 16.6. The summed E-state index contributed by atoms with van der Waals surface area (Å²) in [5.41, 5.74) is 0.623. The van der Waals surface area contributed by atoms with E-state index in [1.807, 2.05) is 4.90 Å². The highest BCUT2D eigenvalue weighted by atomic mass is 35.5. The van der Waals surface area contributed by atoms with Gasteiger partial charge in [-0.1, -0.05) is 35.0 Å². The van der Waals surface area contributed by atoms with Crippen molar-refractivity contribution < 1.29 is 9.21 Å². The highest BCUT2D eigenvalue weighted by molar-refractivity contribution is 7.99. The molecule has 3 rings (SSSR count). The lowest BCUT2D eigenvalue weighted by molar-refractivity contribution is -0.129. The van der Waals surface area contributed by atoms with Crippen LogP contribution in [0.3, 0.4) is 0 Å². The van der Waals surface area contributed by atoms with Crippen LogP contribution in [0.15, 0.2) is 27.8 Å². The Labute approximate surface area is 148 Å². The molecule has 1 aliphatic heterocycles. The van der Waals surface area contributed by atoms with Crippen molar-refractivity contribution in [1.29, 1.82) is 0 Å². The van der Waals surface area contributed by atoms with Gasteiger partial charge in [-0.3, -0.25) is 4.79 Å². The smallest absolute Gasteiger partial charge is 0.277 e. The lowest BCUT2D eigenvalue weighted by Gasteiger charge is -2.26. The zero-order valence-electron chi connectivity index (χ0n) is 12.3. The van der Waals surface area contributed by atoms with Crippen LogP contribution in [0.2, 0.25) is 10.0 Å². The summed E-state index contributed by atoms with van der Waals surface area (Å²) in [6.07, 6.45) is 3.36. The third-order valence-corrected chi connectivity index (χ3v) is 4.95. The minimum absolute atomic E-state index is 0.110. The summed E-state index contributed by atoms with van der Waals surface area (Å²) >= 11 is 13.2. The van der Waals surface area contributed by atoms with Gasteiger partial charge >= 0.3 is 0 Å². The third kappa shape index (κ3) is 4.19. The van der Waals surface area contributed by atoms with Gasteiger partial charge in [-0.05, 0) is 37.5 Å². The van der Waals surface area contributed by atoms with Gasteiger partial charge in [0.05, 0.1) is 16.3 Å². The second-order valence-corrected chi connectivity index (χ2v) is 7.00. The van der Waals surface area contributed by atoms with E-state index < -0.39 is 0 Å². The maximum absolute atomic E-state index is 12.1. The van der Waals surface area contributed by atoms with Gasteiger partial charge in [-0.2, -0.15) is 0 Å². The Hall–Kier alpha value is -1.24. The van der Waals surface area contributed by atoms with Crippen LogP contribution in [0.25, 0.3) is 11.5 Å². The molecule has 0 saturated carbocycles. The van der Waals surface area contributed by atoms with E-state index in [1.165, 1.54) is 18.2 Å². The molecule has 8 heteroatoms. The number of aromatic nitrogens is 2. The number of hydrogen-bond donors (Lipinski definition) is 0. The summed E-state index contributed by atoms with van der Waals surface area (Å²) in [4.78, 5) is 14.0. The van der Waals surface area contributed by atoms with Gasteiger partial charge < -0.3 is 9.32 Å². The van der Waals surface area contributed by atoms with Gasteiger partial charge in [0.1, 0.15) is 0 Å². The summed E-state index contributed by atoms with van der Waals surface area (Å²) in [6, 6.07) is 5.06.